The molecule has 0 atom stereocenters. The molecule has 1 aromatic carbocycles. The molecule has 1 aromatic rings. The zero-order chi connectivity index (χ0) is 14.1. The van der Waals surface area contributed by atoms with Crippen LogP contribution in [0.1, 0.15) is 52.5 Å². The molecule has 1 aliphatic rings. The summed E-state index contributed by atoms with van der Waals surface area (Å²) >= 11 is 0. The fourth-order valence-electron chi connectivity index (χ4n) is 3.89. The lowest BCUT2D eigenvalue weighted by atomic mass is 9.63. The molecule has 1 nitrogen and oxygen atoms in total. The molecule has 2 rings (SSSR count). The summed E-state index contributed by atoms with van der Waals surface area (Å²) in [5, 5.41) is 3.55. The second-order valence-corrected chi connectivity index (χ2v) is 7.58. The Balaban J connectivity index is 1.98. The van der Waals surface area contributed by atoms with Gasteiger partial charge in [0, 0.05) is 18.2 Å². The van der Waals surface area contributed by atoms with Crippen molar-refractivity contribution in [2.45, 2.75) is 59.5 Å². The summed E-state index contributed by atoms with van der Waals surface area (Å²) in [4.78, 5) is 0. The van der Waals surface area contributed by atoms with Gasteiger partial charge in [-0.2, -0.15) is 0 Å². The minimum Gasteiger partial charge on any atom is -0.310 e. The van der Waals surface area contributed by atoms with E-state index in [0.717, 1.165) is 5.56 Å². The van der Waals surface area contributed by atoms with Crippen LogP contribution in [0.2, 0.25) is 0 Å². The third-order valence-corrected chi connectivity index (χ3v) is 4.09. The van der Waals surface area contributed by atoms with E-state index < -0.39 is 0 Å². The van der Waals surface area contributed by atoms with E-state index in [1.54, 1.807) is 6.07 Å². The van der Waals surface area contributed by atoms with Crippen molar-refractivity contribution in [1.29, 1.82) is 0 Å². The summed E-state index contributed by atoms with van der Waals surface area (Å²) in [7, 11) is 0. The van der Waals surface area contributed by atoms with E-state index in [2.05, 4.69) is 33.0 Å². The van der Waals surface area contributed by atoms with Gasteiger partial charge in [0.05, 0.1) is 0 Å². The number of nitrogens with one attached hydrogen (secondary N) is 1. The molecule has 1 N–H and O–H groups in total. The number of hydrogen-bond acceptors (Lipinski definition) is 1. The molecule has 106 valence electrons. The Morgan fingerprint density at radius 2 is 1.68 bits per heavy atom. The van der Waals surface area contributed by atoms with Crippen LogP contribution in [0, 0.1) is 16.6 Å². The molecule has 0 heterocycles. The lowest BCUT2D eigenvalue weighted by molar-refractivity contribution is 0.0844. The van der Waals surface area contributed by atoms with E-state index in [9.17, 15) is 4.39 Å². The van der Waals surface area contributed by atoms with Gasteiger partial charge < -0.3 is 5.32 Å². The van der Waals surface area contributed by atoms with Gasteiger partial charge in [-0.05, 0) is 36.2 Å². The smallest absolute Gasteiger partial charge is 0.127 e. The van der Waals surface area contributed by atoms with E-state index in [1.807, 2.05) is 12.1 Å². The van der Waals surface area contributed by atoms with Crippen LogP contribution in [0.5, 0.6) is 0 Å². The van der Waals surface area contributed by atoms with Crippen molar-refractivity contribution in [2.24, 2.45) is 10.8 Å². The molecular formula is C17H26FN. The van der Waals surface area contributed by atoms with Gasteiger partial charge in [0.1, 0.15) is 5.82 Å². The van der Waals surface area contributed by atoms with Crippen LogP contribution < -0.4 is 5.32 Å². The van der Waals surface area contributed by atoms with Crippen molar-refractivity contribution < 1.29 is 4.39 Å². The van der Waals surface area contributed by atoms with Gasteiger partial charge in [-0.15, -0.1) is 0 Å². The average Bonchev–Trinajstić information content (AvgIpc) is 2.23. The van der Waals surface area contributed by atoms with Crippen LogP contribution >= 0.6 is 0 Å². The van der Waals surface area contributed by atoms with Crippen LogP contribution in [0.3, 0.4) is 0 Å². The Morgan fingerprint density at radius 1 is 1.11 bits per heavy atom. The molecule has 19 heavy (non-hydrogen) atoms. The molecule has 0 radical (unpaired) electrons. The maximum Gasteiger partial charge on any atom is 0.127 e. The largest absolute Gasteiger partial charge is 0.310 e. The molecule has 0 unspecified atom stereocenters. The summed E-state index contributed by atoms with van der Waals surface area (Å²) < 4.78 is 13.6. The minimum absolute atomic E-state index is 0.107. The zero-order valence-corrected chi connectivity index (χ0v) is 12.6. The number of rotatable bonds is 3. The van der Waals surface area contributed by atoms with Crippen molar-refractivity contribution in [3.8, 4) is 0 Å². The quantitative estimate of drug-likeness (QED) is 0.845. The number of hydrogen-bond donors (Lipinski definition) is 1. The minimum atomic E-state index is -0.107. The van der Waals surface area contributed by atoms with Crippen molar-refractivity contribution in [1.82, 2.24) is 5.32 Å². The highest BCUT2D eigenvalue weighted by atomic mass is 19.1. The van der Waals surface area contributed by atoms with Gasteiger partial charge in [-0.1, -0.05) is 45.9 Å². The second-order valence-electron chi connectivity index (χ2n) is 7.58. The normalized spacial score (nSPS) is 22.4. The zero-order valence-electron chi connectivity index (χ0n) is 12.6. The van der Waals surface area contributed by atoms with Crippen molar-refractivity contribution in [3.05, 3.63) is 35.6 Å². The lowest BCUT2D eigenvalue weighted by Gasteiger charge is -2.45. The van der Waals surface area contributed by atoms with Crippen LogP contribution in [0.25, 0.3) is 0 Å². The highest BCUT2D eigenvalue weighted by Crippen LogP contribution is 2.45. The van der Waals surface area contributed by atoms with Gasteiger partial charge in [-0.3, -0.25) is 0 Å². The molecule has 0 spiro atoms. The van der Waals surface area contributed by atoms with Crippen LogP contribution in [0.15, 0.2) is 24.3 Å². The van der Waals surface area contributed by atoms with Gasteiger partial charge in [0.15, 0.2) is 0 Å². The molecule has 1 fully saturated rings. The van der Waals surface area contributed by atoms with Gasteiger partial charge >= 0.3 is 0 Å². The Labute approximate surface area is 116 Å². The molecule has 0 bridgehead atoms. The van der Waals surface area contributed by atoms with Crippen LogP contribution in [0.4, 0.5) is 4.39 Å². The maximum atomic E-state index is 13.6. The van der Waals surface area contributed by atoms with E-state index >= 15 is 0 Å². The Morgan fingerprint density at radius 3 is 2.26 bits per heavy atom. The topological polar surface area (TPSA) is 12.0 Å². The summed E-state index contributed by atoms with van der Waals surface area (Å²) in [6.45, 7) is 9.98. The van der Waals surface area contributed by atoms with E-state index in [1.165, 1.54) is 25.3 Å². The van der Waals surface area contributed by atoms with E-state index in [0.29, 0.717) is 23.4 Å². The second kappa shape index (κ2) is 5.24. The monoisotopic (exact) mass is 263 g/mol. The standard InChI is InChI=1S/C17H26FN/c1-16(2)9-14(10-17(3,4)12-16)19-11-13-7-5-6-8-15(13)18/h5-8,14,19H,9-12H2,1-4H3. The molecule has 0 aromatic heterocycles. The third-order valence-electron chi connectivity index (χ3n) is 4.09. The first-order valence-electron chi connectivity index (χ1n) is 7.24. The lowest BCUT2D eigenvalue weighted by Crippen LogP contribution is -2.43. The first kappa shape index (κ1) is 14.5. The molecule has 2 heteroatoms. The SMILES string of the molecule is CC1(C)CC(NCc2ccccc2F)CC(C)(C)C1. The first-order chi connectivity index (χ1) is 8.77. The highest BCUT2D eigenvalue weighted by molar-refractivity contribution is 5.17. The molecule has 1 aliphatic carbocycles. The van der Waals surface area contributed by atoms with Gasteiger partial charge in [0.2, 0.25) is 0 Å². The molecule has 0 amide bonds. The van der Waals surface area contributed by atoms with E-state index in [-0.39, 0.29) is 5.82 Å². The van der Waals surface area contributed by atoms with Crippen LogP contribution in [-0.2, 0) is 6.54 Å². The predicted octanol–water partition coefficient (Wildman–Crippen LogP) is 4.52. The predicted molar refractivity (Wildman–Crippen MR) is 78.4 cm³/mol. The van der Waals surface area contributed by atoms with Crippen molar-refractivity contribution >= 4 is 0 Å². The Hall–Kier alpha value is -0.890. The molecule has 1 saturated carbocycles. The first-order valence-corrected chi connectivity index (χ1v) is 7.24. The van der Waals surface area contributed by atoms with E-state index in [4.69, 9.17) is 0 Å². The summed E-state index contributed by atoms with van der Waals surface area (Å²) in [6.07, 6.45) is 3.60. The molecular weight excluding hydrogens is 237 g/mol. The van der Waals surface area contributed by atoms with Gasteiger partial charge in [-0.25, -0.2) is 4.39 Å². The fraction of sp³-hybridized carbons (Fsp3) is 0.647. The van der Waals surface area contributed by atoms with Crippen LogP contribution in [-0.4, -0.2) is 6.04 Å². The molecule has 0 saturated heterocycles. The van der Waals surface area contributed by atoms with Gasteiger partial charge in [0.25, 0.3) is 0 Å². The fourth-order valence-corrected chi connectivity index (χ4v) is 3.89. The summed E-state index contributed by atoms with van der Waals surface area (Å²) in [6, 6.07) is 7.52. The maximum absolute atomic E-state index is 13.6. The summed E-state index contributed by atoms with van der Waals surface area (Å²) in [5.41, 5.74) is 1.51. The average molecular weight is 263 g/mol. The number of halogens is 1. The Bertz CT molecular complexity index is 421. The molecule has 0 aliphatic heterocycles. The highest BCUT2D eigenvalue weighted by Gasteiger charge is 2.38. The summed E-state index contributed by atoms with van der Waals surface area (Å²) in [5.74, 6) is -0.107. The third kappa shape index (κ3) is 4.04. The Kier molecular flexibility index (Phi) is 4.00. The van der Waals surface area contributed by atoms with Crippen molar-refractivity contribution in [3.63, 3.8) is 0 Å². The van der Waals surface area contributed by atoms with Crippen molar-refractivity contribution in [2.75, 3.05) is 0 Å². The number of benzene rings is 1.